The van der Waals surface area contributed by atoms with Crippen LogP contribution in [0.5, 0.6) is 0 Å². The number of unbranched alkanes of at least 4 members (excludes halogenated alkanes) is 17. The predicted octanol–water partition coefficient (Wildman–Crippen LogP) is 7.19. The Morgan fingerprint density at radius 1 is 0.607 bits per heavy atom. The van der Waals surface area contributed by atoms with Crippen molar-refractivity contribution in [2.45, 2.75) is 134 Å². The van der Waals surface area contributed by atoms with Crippen molar-refractivity contribution in [3.63, 3.8) is 0 Å². The molecule has 0 fully saturated rings. The van der Waals surface area contributed by atoms with Gasteiger partial charge in [0.15, 0.2) is 0 Å². The van der Waals surface area contributed by atoms with Gasteiger partial charge in [0, 0.05) is 0 Å². The van der Waals surface area contributed by atoms with Gasteiger partial charge in [0.2, 0.25) is 0 Å². The summed E-state index contributed by atoms with van der Waals surface area (Å²) in [7, 11) is -0.558. The van der Waals surface area contributed by atoms with Gasteiger partial charge in [-0.05, 0) is 20.5 Å². The lowest BCUT2D eigenvalue weighted by Gasteiger charge is -2.20. The molecule has 0 amide bonds. The van der Waals surface area contributed by atoms with Crippen LogP contribution in [-0.2, 0) is 10.1 Å². The normalized spacial score (nSPS) is 13.3. The maximum Gasteiger partial charge on any atom is 0.281 e. The molecule has 1 unspecified atom stereocenters. The summed E-state index contributed by atoms with van der Waals surface area (Å²) in [5.74, 6) is 0. The van der Waals surface area contributed by atoms with E-state index in [1.807, 2.05) is 0 Å². The fourth-order valence-corrected chi connectivity index (χ4v) is 4.89. The van der Waals surface area contributed by atoms with E-state index >= 15 is 0 Å². The zero-order valence-electron chi connectivity index (χ0n) is 19.1. The maximum atomic E-state index is 11.3. The van der Waals surface area contributed by atoms with Crippen LogP contribution in [0, 0.1) is 0 Å². The second kappa shape index (κ2) is 18.9. The lowest BCUT2D eigenvalue weighted by molar-refractivity contribution is 0.317. The topological polar surface area (TPSA) is 57.6 Å². The van der Waals surface area contributed by atoms with Gasteiger partial charge >= 0.3 is 0 Å². The summed E-state index contributed by atoms with van der Waals surface area (Å²) in [5, 5.41) is -0.756. The van der Waals surface area contributed by atoms with Crippen LogP contribution in [0.25, 0.3) is 0 Å². The molecule has 0 rings (SSSR count). The minimum Gasteiger partial charge on any atom is -0.291 e. The largest absolute Gasteiger partial charge is 0.291 e. The Labute approximate surface area is 176 Å². The van der Waals surface area contributed by atoms with Crippen molar-refractivity contribution in [1.29, 1.82) is 0 Å². The van der Waals surface area contributed by atoms with Gasteiger partial charge in [-0.1, -0.05) is 122 Å². The number of nitrogens with zero attached hydrogens (tertiary/aromatic N) is 1. The maximum absolute atomic E-state index is 11.3. The molecule has 0 aliphatic rings. The van der Waals surface area contributed by atoms with Crippen LogP contribution in [-0.4, -0.2) is 37.3 Å². The third kappa shape index (κ3) is 17.9. The van der Waals surface area contributed by atoms with E-state index in [1.165, 1.54) is 103 Å². The van der Waals surface area contributed by atoms with E-state index < -0.39 is 15.5 Å². The van der Waals surface area contributed by atoms with Crippen molar-refractivity contribution in [2.24, 2.45) is 0 Å². The highest BCUT2D eigenvalue weighted by atomic mass is 32.2. The van der Waals surface area contributed by atoms with Gasteiger partial charge in [0.05, 0.1) is 0 Å². The summed E-state index contributed by atoms with van der Waals surface area (Å²) < 4.78 is 31.8. The molecule has 0 aromatic rings. The van der Waals surface area contributed by atoms with Crippen molar-refractivity contribution in [1.82, 2.24) is 4.90 Å². The summed E-state index contributed by atoms with van der Waals surface area (Å²) in [6, 6.07) is 0. The van der Waals surface area contributed by atoms with E-state index in [2.05, 4.69) is 6.92 Å². The van der Waals surface area contributed by atoms with E-state index in [4.69, 9.17) is 0 Å². The van der Waals surface area contributed by atoms with Crippen LogP contribution in [0.1, 0.15) is 129 Å². The molecule has 0 heterocycles. The molecule has 0 saturated heterocycles. The zero-order valence-corrected chi connectivity index (χ0v) is 19.9. The van der Waals surface area contributed by atoms with E-state index in [1.54, 1.807) is 19.0 Å². The molecule has 1 atom stereocenters. The molecule has 4 nitrogen and oxygen atoms in total. The number of rotatable bonds is 21. The summed E-state index contributed by atoms with van der Waals surface area (Å²) in [6.07, 6.45) is 24.4. The third-order valence-electron chi connectivity index (χ3n) is 5.72. The Kier molecular flexibility index (Phi) is 18.8. The first-order chi connectivity index (χ1) is 13.4. The fraction of sp³-hybridized carbons (Fsp3) is 1.00. The molecular formula is C23H49NO3S. The van der Waals surface area contributed by atoms with Crippen LogP contribution in [0.3, 0.4) is 0 Å². The van der Waals surface area contributed by atoms with Gasteiger partial charge in [-0.2, -0.15) is 8.42 Å². The molecule has 0 aromatic carbocycles. The first-order valence-electron chi connectivity index (χ1n) is 12.0. The van der Waals surface area contributed by atoms with Crippen LogP contribution >= 0.6 is 0 Å². The second-order valence-electron chi connectivity index (χ2n) is 8.73. The number of hydrogen-bond donors (Lipinski definition) is 1. The van der Waals surface area contributed by atoms with E-state index in [0.717, 1.165) is 12.8 Å². The molecular weight excluding hydrogens is 370 g/mol. The van der Waals surface area contributed by atoms with Crippen molar-refractivity contribution in [3.8, 4) is 0 Å². The Balaban J connectivity index is 3.28. The first kappa shape index (κ1) is 27.9. The molecule has 0 radical (unpaired) electrons. The highest BCUT2D eigenvalue weighted by Gasteiger charge is 2.24. The molecule has 0 aliphatic carbocycles. The first-order valence-corrected chi connectivity index (χ1v) is 13.5. The molecule has 170 valence electrons. The molecule has 0 aromatic heterocycles. The van der Waals surface area contributed by atoms with Gasteiger partial charge < -0.3 is 0 Å². The molecule has 28 heavy (non-hydrogen) atoms. The van der Waals surface area contributed by atoms with Gasteiger partial charge in [-0.15, -0.1) is 0 Å². The highest BCUT2D eigenvalue weighted by Crippen LogP contribution is 2.16. The lowest BCUT2D eigenvalue weighted by atomic mass is 10.0. The van der Waals surface area contributed by atoms with E-state index in [9.17, 15) is 13.0 Å². The Morgan fingerprint density at radius 3 is 1.14 bits per heavy atom. The monoisotopic (exact) mass is 419 g/mol. The van der Waals surface area contributed by atoms with E-state index in [-0.39, 0.29) is 0 Å². The van der Waals surface area contributed by atoms with Crippen molar-refractivity contribution >= 4 is 10.1 Å². The quantitative estimate of drug-likeness (QED) is 0.158. The lowest BCUT2D eigenvalue weighted by Crippen LogP contribution is -2.35. The predicted molar refractivity (Wildman–Crippen MR) is 122 cm³/mol. The molecule has 0 spiro atoms. The van der Waals surface area contributed by atoms with Crippen LogP contribution in [0.2, 0.25) is 0 Å². The molecule has 0 aliphatic heterocycles. The minimum atomic E-state index is -3.96. The van der Waals surface area contributed by atoms with Gasteiger partial charge in [-0.25, -0.2) is 0 Å². The Bertz CT molecular complexity index is 424. The summed E-state index contributed by atoms with van der Waals surface area (Å²) in [5.41, 5.74) is 0. The Hall–Kier alpha value is -0.130. The zero-order chi connectivity index (χ0) is 21.1. The Morgan fingerprint density at radius 2 is 0.893 bits per heavy atom. The highest BCUT2D eigenvalue weighted by molar-refractivity contribution is 7.86. The summed E-state index contributed by atoms with van der Waals surface area (Å²) in [4.78, 5) is 1.59. The average molecular weight is 420 g/mol. The van der Waals surface area contributed by atoms with Gasteiger partial charge in [0.1, 0.15) is 5.37 Å². The summed E-state index contributed by atoms with van der Waals surface area (Å²) >= 11 is 0. The van der Waals surface area contributed by atoms with Gasteiger partial charge in [-0.3, -0.25) is 9.45 Å². The van der Waals surface area contributed by atoms with Crippen molar-refractivity contribution < 1.29 is 13.0 Å². The van der Waals surface area contributed by atoms with Crippen LogP contribution < -0.4 is 0 Å². The smallest absolute Gasteiger partial charge is 0.281 e. The fourth-order valence-electron chi connectivity index (χ4n) is 3.89. The second-order valence-corrected chi connectivity index (χ2v) is 10.3. The molecule has 0 bridgehead atoms. The minimum absolute atomic E-state index is 0.518. The molecule has 5 heteroatoms. The molecule has 0 saturated carbocycles. The van der Waals surface area contributed by atoms with Crippen molar-refractivity contribution in [3.05, 3.63) is 0 Å². The SMILES string of the molecule is CCCCCCCCCCCCCCCCCCCCC(N(C)C)S(=O)(=O)O. The molecule has 1 N–H and O–H groups in total. The average Bonchev–Trinajstić information content (AvgIpc) is 2.62. The van der Waals surface area contributed by atoms with Gasteiger partial charge in [0.25, 0.3) is 10.1 Å². The standard InChI is InChI=1S/C23H49NO3S/c1-4-5-6-7-8-9-10-11-12-13-14-15-16-17-18-19-20-21-22-23(24(2)3)28(25,26)27/h23H,4-22H2,1-3H3,(H,25,26,27). The van der Waals surface area contributed by atoms with Crippen molar-refractivity contribution in [2.75, 3.05) is 14.1 Å². The van der Waals surface area contributed by atoms with E-state index in [0.29, 0.717) is 6.42 Å². The summed E-state index contributed by atoms with van der Waals surface area (Å²) in [6.45, 7) is 2.28. The van der Waals surface area contributed by atoms with Crippen LogP contribution in [0.15, 0.2) is 0 Å². The third-order valence-corrected chi connectivity index (χ3v) is 7.07. The number of hydrogen-bond acceptors (Lipinski definition) is 3. The van der Waals surface area contributed by atoms with Crippen LogP contribution in [0.4, 0.5) is 0 Å².